The largest absolute Gasteiger partial charge is 0.311 e. The molecule has 0 spiro atoms. The molecule has 2 rings (SSSR count). The van der Waals surface area contributed by atoms with E-state index in [1.165, 1.54) is 32.1 Å². The predicted octanol–water partition coefficient (Wildman–Crippen LogP) is 2.81. The van der Waals surface area contributed by atoms with Crippen molar-refractivity contribution in [2.75, 3.05) is 13.1 Å². The van der Waals surface area contributed by atoms with E-state index < -0.39 is 11.8 Å². The van der Waals surface area contributed by atoms with Crippen molar-refractivity contribution in [2.45, 2.75) is 44.4 Å². The molecule has 0 aromatic heterocycles. The first-order valence-corrected chi connectivity index (χ1v) is 5.77. The maximum absolute atomic E-state index is 13.3. The summed E-state index contributed by atoms with van der Waals surface area (Å²) in [5, 5.41) is 2.80. The molecule has 14 heavy (non-hydrogen) atoms. The molecule has 1 heterocycles. The number of rotatable bonds is 2. The van der Waals surface area contributed by atoms with Crippen LogP contribution in [0.25, 0.3) is 0 Å². The molecule has 1 atom stereocenters. The van der Waals surface area contributed by atoms with Crippen LogP contribution in [0.15, 0.2) is 0 Å². The molecule has 1 nitrogen and oxygen atoms in total. The van der Waals surface area contributed by atoms with Crippen LogP contribution in [0.1, 0.15) is 38.5 Å². The van der Waals surface area contributed by atoms with Crippen molar-refractivity contribution in [1.29, 1.82) is 0 Å². The summed E-state index contributed by atoms with van der Waals surface area (Å²) < 4.78 is 26.6. The molecule has 1 aliphatic carbocycles. The van der Waals surface area contributed by atoms with Crippen molar-refractivity contribution in [2.24, 2.45) is 11.8 Å². The van der Waals surface area contributed by atoms with E-state index in [1.54, 1.807) is 0 Å². The molecule has 3 heteroatoms. The van der Waals surface area contributed by atoms with E-state index in [9.17, 15) is 8.78 Å². The fourth-order valence-electron chi connectivity index (χ4n) is 2.79. The zero-order valence-electron chi connectivity index (χ0n) is 8.57. The Morgan fingerprint density at radius 1 is 1.14 bits per heavy atom. The quantitative estimate of drug-likeness (QED) is 0.727. The molecule has 2 aliphatic rings. The van der Waals surface area contributed by atoms with Crippen LogP contribution < -0.4 is 5.32 Å². The molecular weight excluding hydrogens is 184 g/mol. The van der Waals surface area contributed by atoms with Crippen molar-refractivity contribution >= 4 is 0 Å². The van der Waals surface area contributed by atoms with Crippen LogP contribution in [0.2, 0.25) is 0 Å². The second-order valence-corrected chi connectivity index (χ2v) is 4.83. The van der Waals surface area contributed by atoms with Gasteiger partial charge in [-0.25, -0.2) is 8.78 Å². The summed E-state index contributed by atoms with van der Waals surface area (Å²) in [5.74, 6) is -2.28. The van der Waals surface area contributed by atoms with Gasteiger partial charge in [0.2, 0.25) is 0 Å². The standard InChI is InChI=1S/C11H19F2N/c12-11(13)8-14-7-10(11)6-9-4-2-1-3-5-9/h9-10,14H,1-8H2. The van der Waals surface area contributed by atoms with E-state index >= 15 is 0 Å². The zero-order valence-corrected chi connectivity index (χ0v) is 8.57. The molecule has 0 bridgehead atoms. The van der Waals surface area contributed by atoms with Gasteiger partial charge in [-0.3, -0.25) is 0 Å². The minimum atomic E-state index is -2.45. The molecule has 1 saturated carbocycles. The first-order valence-electron chi connectivity index (χ1n) is 5.77. The van der Waals surface area contributed by atoms with Gasteiger partial charge in [0.25, 0.3) is 5.92 Å². The van der Waals surface area contributed by atoms with E-state index in [1.807, 2.05) is 0 Å². The summed E-state index contributed by atoms with van der Waals surface area (Å²) in [4.78, 5) is 0. The van der Waals surface area contributed by atoms with Crippen molar-refractivity contribution < 1.29 is 8.78 Å². The Morgan fingerprint density at radius 2 is 1.86 bits per heavy atom. The maximum atomic E-state index is 13.3. The maximum Gasteiger partial charge on any atom is 0.264 e. The van der Waals surface area contributed by atoms with Gasteiger partial charge < -0.3 is 5.32 Å². The Bertz CT molecular complexity index is 188. The molecule has 2 fully saturated rings. The third-order valence-electron chi connectivity index (χ3n) is 3.69. The lowest BCUT2D eigenvalue weighted by molar-refractivity contribution is -0.0312. The molecule has 0 aromatic carbocycles. The van der Waals surface area contributed by atoms with E-state index in [-0.39, 0.29) is 6.54 Å². The summed E-state index contributed by atoms with van der Waals surface area (Å²) >= 11 is 0. The molecule has 1 aliphatic heterocycles. The van der Waals surface area contributed by atoms with Gasteiger partial charge in [0, 0.05) is 12.5 Å². The molecule has 1 saturated heterocycles. The molecule has 0 aromatic rings. The molecule has 1 N–H and O–H groups in total. The van der Waals surface area contributed by atoms with Gasteiger partial charge in [0.1, 0.15) is 0 Å². The van der Waals surface area contributed by atoms with E-state index in [0.29, 0.717) is 12.5 Å². The second kappa shape index (κ2) is 4.13. The Hall–Kier alpha value is -0.180. The highest BCUT2D eigenvalue weighted by Crippen LogP contribution is 2.37. The van der Waals surface area contributed by atoms with Gasteiger partial charge in [-0.2, -0.15) is 0 Å². The predicted molar refractivity (Wildman–Crippen MR) is 52.5 cm³/mol. The fraction of sp³-hybridized carbons (Fsp3) is 1.00. The first-order chi connectivity index (χ1) is 6.68. The summed E-state index contributed by atoms with van der Waals surface area (Å²) in [7, 11) is 0. The first kappa shape index (κ1) is 10.3. The van der Waals surface area contributed by atoms with Crippen LogP contribution in [0.5, 0.6) is 0 Å². The highest BCUT2D eigenvalue weighted by Gasteiger charge is 2.44. The molecular formula is C11H19F2N. The van der Waals surface area contributed by atoms with E-state index in [0.717, 1.165) is 6.42 Å². The minimum absolute atomic E-state index is 0.107. The van der Waals surface area contributed by atoms with E-state index in [2.05, 4.69) is 5.32 Å². The van der Waals surface area contributed by atoms with Gasteiger partial charge in [-0.05, 0) is 12.3 Å². The lowest BCUT2D eigenvalue weighted by atomic mass is 9.82. The second-order valence-electron chi connectivity index (χ2n) is 4.83. The van der Waals surface area contributed by atoms with Crippen LogP contribution in [0.4, 0.5) is 8.78 Å². The smallest absolute Gasteiger partial charge is 0.264 e. The zero-order chi connectivity index (χ0) is 10.0. The van der Waals surface area contributed by atoms with Gasteiger partial charge in [0.05, 0.1) is 6.54 Å². The topological polar surface area (TPSA) is 12.0 Å². The van der Waals surface area contributed by atoms with Crippen LogP contribution in [-0.4, -0.2) is 19.0 Å². The van der Waals surface area contributed by atoms with Gasteiger partial charge in [0.15, 0.2) is 0 Å². The minimum Gasteiger partial charge on any atom is -0.311 e. The van der Waals surface area contributed by atoms with Crippen molar-refractivity contribution in [1.82, 2.24) is 5.32 Å². The van der Waals surface area contributed by atoms with Crippen LogP contribution in [0.3, 0.4) is 0 Å². The average molecular weight is 203 g/mol. The molecule has 0 amide bonds. The Kier molecular flexibility index (Phi) is 3.05. The Balaban J connectivity index is 1.83. The van der Waals surface area contributed by atoms with Gasteiger partial charge >= 0.3 is 0 Å². The van der Waals surface area contributed by atoms with Crippen molar-refractivity contribution in [3.05, 3.63) is 0 Å². The molecule has 0 radical (unpaired) electrons. The summed E-state index contributed by atoms with van der Waals surface area (Å²) in [6.45, 7) is 0.411. The average Bonchev–Trinajstić information content (AvgIpc) is 2.48. The third kappa shape index (κ3) is 2.25. The van der Waals surface area contributed by atoms with Crippen molar-refractivity contribution in [3.63, 3.8) is 0 Å². The van der Waals surface area contributed by atoms with Crippen LogP contribution in [0, 0.1) is 11.8 Å². The molecule has 82 valence electrons. The highest BCUT2D eigenvalue weighted by molar-refractivity contribution is 4.89. The summed E-state index contributed by atoms with van der Waals surface area (Å²) in [5.41, 5.74) is 0. The van der Waals surface area contributed by atoms with Gasteiger partial charge in [-0.15, -0.1) is 0 Å². The molecule has 1 unspecified atom stereocenters. The SMILES string of the molecule is FC1(F)CNCC1CC1CCCCC1. The van der Waals surface area contributed by atoms with Crippen LogP contribution >= 0.6 is 0 Å². The normalized spacial score (nSPS) is 33.4. The number of nitrogens with one attached hydrogen (secondary N) is 1. The monoisotopic (exact) mass is 203 g/mol. The summed E-state index contributed by atoms with van der Waals surface area (Å²) in [6, 6.07) is 0. The number of hydrogen-bond donors (Lipinski definition) is 1. The fourth-order valence-corrected chi connectivity index (χ4v) is 2.79. The van der Waals surface area contributed by atoms with Crippen molar-refractivity contribution in [3.8, 4) is 0 Å². The van der Waals surface area contributed by atoms with Gasteiger partial charge in [-0.1, -0.05) is 32.1 Å². The number of halogens is 2. The summed E-state index contributed by atoms with van der Waals surface area (Å²) in [6.07, 6.45) is 6.88. The third-order valence-corrected chi connectivity index (χ3v) is 3.69. The Morgan fingerprint density at radius 3 is 2.43 bits per heavy atom. The van der Waals surface area contributed by atoms with Crippen LogP contribution in [-0.2, 0) is 0 Å². The Labute approximate surface area is 84.3 Å². The number of alkyl halides is 2. The lowest BCUT2D eigenvalue weighted by Crippen LogP contribution is -2.29. The van der Waals surface area contributed by atoms with E-state index in [4.69, 9.17) is 0 Å². The lowest BCUT2D eigenvalue weighted by Gasteiger charge is -2.26. The number of hydrogen-bond acceptors (Lipinski definition) is 1. The highest BCUT2D eigenvalue weighted by atomic mass is 19.3.